The molecule has 4 nitrogen and oxygen atoms in total. The summed E-state index contributed by atoms with van der Waals surface area (Å²) in [6, 6.07) is 6.25. The van der Waals surface area contributed by atoms with Gasteiger partial charge in [0.25, 0.3) is 0 Å². The second-order valence-electron chi connectivity index (χ2n) is 5.96. The van der Waals surface area contributed by atoms with Crippen molar-refractivity contribution in [2.75, 3.05) is 26.7 Å². The number of fused-ring (bicyclic) bond motifs is 1. The van der Waals surface area contributed by atoms with E-state index in [0.717, 1.165) is 43.1 Å². The number of benzene rings is 1. The molecule has 1 fully saturated rings. The first-order valence-electron chi connectivity index (χ1n) is 7.61. The molecule has 5 heteroatoms. The monoisotopic (exact) mass is 310 g/mol. The lowest BCUT2D eigenvalue weighted by molar-refractivity contribution is 0.00163. The molecule has 0 radical (unpaired) electrons. The van der Waals surface area contributed by atoms with Crippen molar-refractivity contribution in [3.63, 3.8) is 0 Å². The molecule has 2 heterocycles. The molecule has 3 unspecified atom stereocenters. The molecule has 21 heavy (non-hydrogen) atoms. The van der Waals surface area contributed by atoms with Crippen molar-refractivity contribution in [3.8, 4) is 5.75 Å². The van der Waals surface area contributed by atoms with Crippen LogP contribution in [0.25, 0.3) is 0 Å². The fourth-order valence-corrected chi connectivity index (χ4v) is 3.61. The van der Waals surface area contributed by atoms with E-state index in [9.17, 15) is 0 Å². The molecule has 3 rings (SSSR count). The molecule has 1 saturated heterocycles. The number of nitrogens with two attached hydrogens (primary N) is 1. The number of methoxy groups -OCH3 is 1. The van der Waals surface area contributed by atoms with Crippen LogP contribution >= 0.6 is 11.6 Å². The van der Waals surface area contributed by atoms with Crippen molar-refractivity contribution in [2.24, 2.45) is 5.73 Å². The van der Waals surface area contributed by atoms with E-state index in [4.69, 9.17) is 26.8 Å². The first-order chi connectivity index (χ1) is 10.2. The van der Waals surface area contributed by atoms with Gasteiger partial charge in [-0.3, -0.25) is 4.90 Å². The van der Waals surface area contributed by atoms with Gasteiger partial charge in [0.1, 0.15) is 11.9 Å². The molecule has 0 spiro atoms. The number of nitrogens with zero attached hydrogens (tertiary/aromatic N) is 1. The maximum Gasteiger partial charge on any atom is 0.123 e. The van der Waals surface area contributed by atoms with Crippen molar-refractivity contribution in [1.82, 2.24) is 4.90 Å². The normalized spacial score (nSPS) is 29.2. The van der Waals surface area contributed by atoms with Crippen LogP contribution in [0, 0.1) is 0 Å². The second-order valence-corrected chi connectivity index (χ2v) is 6.40. The van der Waals surface area contributed by atoms with Crippen molar-refractivity contribution in [2.45, 2.75) is 37.5 Å². The number of piperidine rings is 1. The third kappa shape index (κ3) is 3.34. The van der Waals surface area contributed by atoms with Gasteiger partial charge in [0.15, 0.2) is 0 Å². The number of hydrogen-bond acceptors (Lipinski definition) is 4. The maximum atomic E-state index is 6.04. The summed E-state index contributed by atoms with van der Waals surface area (Å²) in [7, 11) is 1.79. The number of halogens is 1. The van der Waals surface area contributed by atoms with Crippen molar-refractivity contribution < 1.29 is 9.47 Å². The highest BCUT2D eigenvalue weighted by Gasteiger charge is 2.32. The Kier molecular flexibility index (Phi) is 4.69. The second kappa shape index (κ2) is 6.53. The van der Waals surface area contributed by atoms with Crippen molar-refractivity contribution >= 4 is 11.6 Å². The van der Waals surface area contributed by atoms with E-state index in [1.165, 1.54) is 5.56 Å². The summed E-state index contributed by atoms with van der Waals surface area (Å²) < 4.78 is 11.5. The molecule has 3 atom stereocenters. The number of likely N-dealkylation sites (tertiary alicyclic amines) is 1. The molecule has 0 amide bonds. The van der Waals surface area contributed by atoms with Gasteiger partial charge in [0.2, 0.25) is 0 Å². The zero-order chi connectivity index (χ0) is 14.8. The predicted molar refractivity (Wildman–Crippen MR) is 84.0 cm³/mol. The van der Waals surface area contributed by atoms with Gasteiger partial charge in [-0.05, 0) is 36.6 Å². The summed E-state index contributed by atoms with van der Waals surface area (Å²) in [4.78, 5) is 2.45. The molecule has 2 aliphatic rings. The van der Waals surface area contributed by atoms with Crippen LogP contribution in [-0.4, -0.2) is 49.9 Å². The van der Waals surface area contributed by atoms with Gasteiger partial charge in [0.05, 0.1) is 6.10 Å². The topological polar surface area (TPSA) is 47.7 Å². The van der Waals surface area contributed by atoms with Gasteiger partial charge >= 0.3 is 0 Å². The van der Waals surface area contributed by atoms with Crippen LogP contribution in [0.3, 0.4) is 0 Å². The van der Waals surface area contributed by atoms with E-state index in [0.29, 0.717) is 18.7 Å². The Hall–Kier alpha value is -0.810. The van der Waals surface area contributed by atoms with Gasteiger partial charge < -0.3 is 15.2 Å². The molecular weight excluding hydrogens is 288 g/mol. The molecule has 1 aromatic rings. The summed E-state index contributed by atoms with van der Waals surface area (Å²) in [6.45, 7) is 2.62. The number of ether oxygens (including phenoxy) is 2. The molecule has 0 bridgehead atoms. The molecule has 0 saturated carbocycles. The van der Waals surface area contributed by atoms with Crippen LogP contribution in [0.5, 0.6) is 5.75 Å². The van der Waals surface area contributed by atoms with Crippen LogP contribution in [0.1, 0.15) is 18.4 Å². The standard InChI is InChI=1S/C16H23ClN2O2/c1-20-14-4-5-19(13(8-14)9-18)10-15-7-11-6-12(17)2-3-16(11)21-15/h2-3,6,13-15H,4-5,7-10,18H2,1H3. The predicted octanol–water partition coefficient (Wildman–Crippen LogP) is 2.08. The summed E-state index contributed by atoms with van der Waals surface area (Å²) in [6.07, 6.45) is 3.55. The fourth-order valence-electron chi connectivity index (χ4n) is 3.41. The van der Waals surface area contributed by atoms with E-state index >= 15 is 0 Å². The van der Waals surface area contributed by atoms with Gasteiger partial charge in [-0.1, -0.05) is 11.6 Å². The minimum Gasteiger partial charge on any atom is -0.488 e. The molecule has 2 aliphatic heterocycles. The van der Waals surface area contributed by atoms with E-state index in [-0.39, 0.29) is 6.10 Å². The minimum absolute atomic E-state index is 0.201. The summed E-state index contributed by atoms with van der Waals surface area (Å²) in [5.41, 5.74) is 7.15. The molecule has 0 aliphatic carbocycles. The van der Waals surface area contributed by atoms with Crippen molar-refractivity contribution in [1.29, 1.82) is 0 Å². The lowest BCUT2D eigenvalue weighted by atomic mass is 9.98. The van der Waals surface area contributed by atoms with E-state index in [1.54, 1.807) is 7.11 Å². The maximum absolute atomic E-state index is 6.04. The molecule has 116 valence electrons. The zero-order valence-corrected chi connectivity index (χ0v) is 13.2. The number of rotatable bonds is 4. The van der Waals surface area contributed by atoms with Crippen LogP contribution in [-0.2, 0) is 11.2 Å². The van der Waals surface area contributed by atoms with Gasteiger partial charge in [0, 0.05) is 44.2 Å². The van der Waals surface area contributed by atoms with Gasteiger partial charge in [-0.25, -0.2) is 0 Å². The van der Waals surface area contributed by atoms with E-state index in [2.05, 4.69) is 4.90 Å². The summed E-state index contributed by atoms with van der Waals surface area (Å²) in [5, 5.41) is 0.777. The van der Waals surface area contributed by atoms with Crippen LogP contribution in [0.2, 0.25) is 5.02 Å². The summed E-state index contributed by atoms with van der Waals surface area (Å²) >= 11 is 6.04. The lowest BCUT2D eigenvalue weighted by Crippen LogP contribution is -2.51. The Morgan fingerprint density at radius 2 is 2.33 bits per heavy atom. The third-order valence-corrected chi connectivity index (χ3v) is 4.83. The Balaban J connectivity index is 1.60. The van der Waals surface area contributed by atoms with E-state index < -0.39 is 0 Å². The Morgan fingerprint density at radius 1 is 1.48 bits per heavy atom. The Morgan fingerprint density at radius 3 is 3.10 bits per heavy atom. The number of hydrogen-bond donors (Lipinski definition) is 1. The summed E-state index contributed by atoms with van der Waals surface area (Å²) in [5.74, 6) is 0.973. The molecule has 1 aromatic carbocycles. The van der Waals surface area contributed by atoms with Crippen LogP contribution in [0.4, 0.5) is 0 Å². The largest absolute Gasteiger partial charge is 0.488 e. The highest BCUT2D eigenvalue weighted by molar-refractivity contribution is 6.30. The highest BCUT2D eigenvalue weighted by atomic mass is 35.5. The third-order valence-electron chi connectivity index (χ3n) is 4.60. The van der Waals surface area contributed by atoms with Gasteiger partial charge in [-0.2, -0.15) is 0 Å². The first-order valence-corrected chi connectivity index (χ1v) is 7.99. The molecule has 2 N–H and O–H groups in total. The Labute approximate surface area is 131 Å². The average Bonchev–Trinajstić information content (AvgIpc) is 2.89. The smallest absolute Gasteiger partial charge is 0.123 e. The lowest BCUT2D eigenvalue weighted by Gasteiger charge is -2.39. The molecular formula is C16H23ClN2O2. The van der Waals surface area contributed by atoms with Crippen LogP contribution < -0.4 is 10.5 Å². The molecule has 0 aromatic heterocycles. The highest BCUT2D eigenvalue weighted by Crippen LogP contribution is 2.32. The quantitative estimate of drug-likeness (QED) is 0.925. The zero-order valence-electron chi connectivity index (χ0n) is 12.4. The van der Waals surface area contributed by atoms with Crippen molar-refractivity contribution in [3.05, 3.63) is 28.8 Å². The Bertz CT molecular complexity index is 497. The average molecular weight is 311 g/mol. The van der Waals surface area contributed by atoms with E-state index in [1.807, 2.05) is 18.2 Å². The van der Waals surface area contributed by atoms with Crippen LogP contribution in [0.15, 0.2) is 18.2 Å². The van der Waals surface area contributed by atoms with Gasteiger partial charge in [-0.15, -0.1) is 0 Å². The SMILES string of the molecule is COC1CCN(CC2Cc3cc(Cl)ccc3O2)C(CN)C1. The minimum atomic E-state index is 0.201. The fraction of sp³-hybridized carbons (Fsp3) is 0.625. The first kappa shape index (κ1) is 15.1.